The minimum absolute atomic E-state index is 0.140. The van der Waals surface area contributed by atoms with Crippen LogP contribution in [-0.4, -0.2) is 16.9 Å². The van der Waals surface area contributed by atoms with Gasteiger partial charge in [0, 0.05) is 18.2 Å². The van der Waals surface area contributed by atoms with Crippen molar-refractivity contribution < 1.29 is 17.9 Å². The second-order valence-electron chi connectivity index (χ2n) is 5.51. The lowest BCUT2D eigenvalue weighted by molar-refractivity contribution is -0.137. The van der Waals surface area contributed by atoms with Crippen LogP contribution in [-0.2, 0) is 12.6 Å². The van der Waals surface area contributed by atoms with Crippen LogP contribution in [0.25, 0.3) is 5.69 Å². The van der Waals surface area contributed by atoms with Gasteiger partial charge in [0.1, 0.15) is 5.75 Å². The number of halogens is 3. The lowest BCUT2D eigenvalue weighted by atomic mass is 10.1. The van der Waals surface area contributed by atoms with Crippen molar-refractivity contribution in [1.29, 1.82) is 0 Å². The van der Waals surface area contributed by atoms with Gasteiger partial charge in [0.05, 0.1) is 18.4 Å². The van der Waals surface area contributed by atoms with Gasteiger partial charge in [0.2, 0.25) is 0 Å². The average Bonchev–Trinajstić information content (AvgIpc) is 2.96. The van der Waals surface area contributed by atoms with Crippen molar-refractivity contribution >= 4 is 0 Å². The standard InChI is InChI=1S/C18H15F3N2O2/c1-25-16-7-5-12(6-8-16)9-13-11-22-23(17(13)24)15-4-2-3-14(10-15)18(19,20)21/h2-8,10-11,22H,9H2,1H3. The Kier molecular flexibility index (Phi) is 4.39. The van der Waals surface area contributed by atoms with Crippen LogP contribution in [0.2, 0.25) is 0 Å². The van der Waals surface area contributed by atoms with Crippen LogP contribution in [0.1, 0.15) is 16.7 Å². The van der Waals surface area contributed by atoms with Gasteiger partial charge in [-0.25, -0.2) is 4.68 Å². The molecule has 4 nitrogen and oxygen atoms in total. The molecule has 130 valence electrons. The molecule has 0 aliphatic rings. The molecular weight excluding hydrogens is 333 g/mol. The summed E-state index contributed by atoms with van der Waals surface area (Å²) in [5.41, 5.74) is 0.315. The Labute approximate surface area is 141 Å². The number of H-pyrrole nitrogens is 1. The summed E-state index contributed by atoms with van der Waals surface area (Å²) in [6.07, 6.45) is -2.59. The molecule has 0 saturated carbocycles. The fraction of sp³-hybridized carbons (Fsp3) is 0.167. The molecule has 0 fully saturated rings. The zero-order valence-corrected chi connectivity index (χ0v) is 13.3. The van der Waals surface area contributed by atoms with E-state index >= 15 is 0 Å². The van der Waals surface area contributed by atoms with Gasteiger partial charge < -0.3 is 4.74 Å². The highest BCUT2D eigenvalue weighted by Gasteiger charge is 2.30. The molecule has 25 heavy (non-hydrogen) atoms. The van der Waals surface area contributed by atoms with Crippen LogP contribution in [0.5, 0.6) is 5.75 Å². The number of aromatic nitrogens is 2. The van der Waals surface area contributed by atoms with Gasteiger partial charge in [-0.2, -0.15) is 13.2 Å². The normalized spacial score (nSPS) is 11.5. The summed E-state index contributed by atoms with van der Waals surface area (Å²) in [5, 5.41) is 2.72. The molecule has 0 spiro atoms. The highest BCUT2D eigenvalue weighted by Crippen LogP contribution is 2.30. The smallest absolute Gasteiger partial charge is 0.416 e. The summed E-state index contributed by atoms with van der Waals surface area (Å²) in [5.74, 6) is 0.708. The molecule has 7 heteroatoms. The number of hydrogen-bond acceptors (Lipinski definition) is 2. The Morgan fingerprint density at radius 2 is 1.84 bits per heavy atom. The zero-order valence-electron chi connectivity index (χ0n) is 13.3. The van der Waals surface area contributed by atoms with Gasteiger partial charge in [-0.3, -0.25) is 9.89 Å². The van der Waals surface area contributed by atoms with Gasteiger partial charge >= 0.3 is 6.18 Å². The van der Waals surface area contributed by atoms with Gasteiger partial charge in [-0.05, 0) is 35.9 Å². The summed E-state index contributed by atoms with van der Waals surface area (Å²) in [4.78, 5) is 12.5. The van der Waals surface area contributed by atoms with Crippen molar-refractivity contribution in [1.82, 2.24) is 9.78 Å². The molecule has 0 radical (unpaired) electrons. The Balaban J connectivity index is 1.89. The fourth-order valence-corrected chi connectivity index (χ4v) is 2.51. The lowest BCUT2D eigenvalue weighted by Crippen LogP contribution is -2.18. The summed E-state index contributed by atoms with van der Waals surface area (Å²) in [6, 6.07) is 11.9. The second kappa shape index (κ2) is 6.51. The van der Waals surface area contributed by atoms with Crippen molar-refractivity contribution in [2.24, 2.45) is 0 Å². The Morgan fingerprint density at radius 1 is 1.12 bits per heavy atom. The molecule has 0 amide bonds. The number of nitrogens with one attached hydrogen (secondary N) is 1. The average molecular weight is 348 g/mol. The van der Waals surface area contributed by atoms with E-state index in [1.165, 1.54) is 18.3 Å². The maximum Gasteiger partial charge on any atom is 0.416 e. The molecule has 0 bridgehead atoms. The molecule has 0 aliphatic heterocycles. The number of benzene rings is 2. The Morgan fingerprint density at radius 3 is 2.48 bits per heavy atom. The zero-order chi connectivity index (χ0) is 18.0. The van der Waals surface area contributed by atoms with Gasteiger partial charge in [0.15, 0.2) is 0 Å². The second-order valence-corrected chi connectivity index (χ2v) is 5.51. The number of hydrogen-bond donors (Lipinski definition) is 1. The Bertz CT molecular complexity index is 924. The van der Waals surface area contributed by atoms with Crippen LogP contribution in [0.15, 0.2) is 59.5 Å². The number of nitrogens with zero attached hydrogens (tertiary/aromatic N) is 1. The first-order valence-corrected chi connectivity index (χ1v) is 7.48. The van der Waals surface area contributed by atoms with Crippen LogP contribution in [0.3, 0.4) is 0 Å². The van der Waals surface area contributed by atoms with Crippen molar-refractivity contribution in [2.75, 3.05) is 7.11 Å². The van der Waals surface area contributed by atoms with Crippen LogP contribution in [0.4, 0.5) is 13.2 Å². The van der Waals surface area contributed by atoms with Crippen molar-refractivity contribution in [3.8, 4) is 11.4 Å². The minimum Gasteiger partial charge on any atom is -0.497 e. The summed E-state index contributed by atoms with van der Waals surface area (Å²) < 4.78 is 44.7. The number of alkyl halides is 3. The predicted octanol–water partition coefficient (Wildman–Crippen LogP) is 3.78. The van der Waals surface area contributed by atoms with Crippen molar-refractivity contribution in [2.45, 2.75) is 12.6 Å². The van der Waals surface area contributed by atoms with Crippen LogP contribution in [0, 0.1) is 0 Å². The van der Waals surface area contributed by atoms with Crippen LogP contribution < -0.4 is 10.3 Å². The van der Waals surface area contributed by atoms with E-state index in [9.17, 15) is 18.0 Å². The fourth-order valence-electron chi connectivity index (χ4n) is 2.51. The largest absolute Gasteiger partial charge is 0.497 e. The van der Waals surface area contributed by atoms with E-state index in [2.05, 4.69) is 5.10 Å². The molecule has 0 atom stereocenters. The highest BCUT2D eigenvalue weighted by molar-refractivity contribution is 5.37. The molecular formula is C18H15F3N2O2. The van der Waals surface area contributed by atoms with E-state index in [1.807, 2.05) is 12.1 Å². The maximum atomic E-state index is 12.8. The molecule has 3 rings (SSSR count). The highest BCUT2D eigenvalue weighted by atomic mass is 19.4. The third kappa shape index (κ3) is 3.60. The number of ether oxygens (including phenoxy) is 1. The molecule has 1 N–H and O–H groups in total. The van der Waals surface area contributed by atoms with E-state index < -0.39 is 11.7 Å². The quantitative estimate of drug-likeness (QED) is 0.780. The number of rotatable bonds is 4. The van der Waals surface area contributed by atoms with Crippen LogP contribution >= 0.6 is 0 Å². The maximum absolute atomic E-state index is 12.8. The van der Waals surface area contributed by atoms with Crippen molar-refractivity contribution in [3.05, 3.63) is 81.8 Å². The number of aromatic amines is 1. The van der Waals surface area contributed by atoms with E-state index in [4.69, 9.17) is 4.74 Å². The molecule has 0 aliphatic carbocycles. The third-order valence-electron chi connectivity index (χ3n) is 3.83. The molecule has 0 saturated heterocycles. The van der Waals surface area contributed by atoms with Gasteiger partial charge in [-0.1, -0.05) is 18.2 Å². The van der Waals surface area contributed by atoms with E-state index in [0.29, 0.717) is 17.7 Å². The van der Waals surface area contributed by atoms with E-state index in [0.717, 1.165) is 22.4 Å². The molecule has 0 unspecified atom stereocenters. The molecule has 1 heterocycles. The topological polar surface area (TPSA) is 47.0 Å². The minimum atomic E-state index is -4.46. The SMILES string of the molecule is COc1ccc(Cc2c[nH]n(-c3cccc(C(F)(F)F)c3)c2=O)cc1. The predicted molar refractivity (Wildman–Crippen MR) is 87.2 cm³/mol. The van der Waals surface area contributed by atoms with E-state index in [1.54, 1.807) is 19.2 Å². The monoisotopic (exact) mass is 348 g/mol. The Hall–Kier alpha value is -2.96. The van der Waals surface area contributed by atoms with Crippen molar-refractivity contribution in [3.63, 3.8) is 0 Å². The summed E-state index contributed by atoms with van der Waals surface area (Å²) >= 11 is 0. The van der Waals surface area contributed by atoms with E-state index in [-0.39, 0.29) is 11.2 Å². The first-order chi connectivity index (χ1) is 11.9. The molecule has 1 aromatic heterocycles. The van der Waals surface area contributed by atoms with Gasteiger partial charge in [0.25, 0.3) is 5.56 Å². The summed E-state index contributed by atoms with van der Waals surface area (Å²) in [6.45, 7) is 0. The lowest BCUT2D eigenvalue weighted by Gasteiger charge is -2.08. The summed E-state index contributed by atoms with van der Waals surface area (Å²) in [7, 11) is 1.56. The molecule has 2 aromatic carbocycles. The molecule has 3 aromatic rings. The first-order valence-electron chi connectivity index (χ1n) is 7.48. The first kappa shape index (κ1) is 16.9. The van der Waals surface area contributed by atoms with Gasteiger partial charge in [-0.15, -0.1) is 0 Å². The number of methoxy groups -OCH3 is 1. The third-order valence-corrected chi connectivity index (χ3v) is 3.83.